The van der Waals surface area contributed by atoms with Crippen LogP contribution in [0.5, 0.6) is 5.75 Å². The lowest BCUT2D eigenvalue weighted by Gasteiger charge is -2.46. The van der Waals surface area contributed by atoms with Crippen LogP contribution in [-0.2, 0) is 23.9 Å². The van der Waals surface area contributed by atoms with E-state index in [-0.39, 0.29) is 0 Å². The molecular formula is C25H30F3N3O3. The van der Waals surface area contributed by atoms with Gasteiger partial charge in [0.2, 0.25) is 0 Å². The first-order valence-electron chi connectivity index (χ1n) is 11.4. The maximum Gasteiger partial charge on any atom is 0.433 e. The van der Waals surface area contributed by atoms with E-state index in [1.807, 2.05) is 49.9 Å². The van der Waals surface area contributed by atoms with Gasteiger partial charge in [0.25, 0.3) is 0 Å². The minimum absolute atomic E-state index is 0.336. The van der Waals surface area contributed by atoms with E-state index < -0.39 is 29.1 Å². The zero-order valence-electron chi connectivity index (χ0n) is 19.9. The highest BCUT2D eigenvalue weighted by atomic mass is 19.4. The molecule has 9 heteroatoms. The van der Waals surface area contributed by atoms with Crippen LogP contribution < -0.4 is 9.64 Å². The Morgan fingerprint density at radius 3 is 2.41 bits per heavy atom. The number of carbonyl (C=O) groups is 1. The molecule has 0 aliphatic carbocycles. The molecule has 0 radical (unpaired) electrons. The van der Waals surface area contributed by atoms with E-state index in [0.717, 1.165) is 17.2 Å². The molecule has 2 aromatic rings. The number of alkyl halides is 3. The average Bonchev–Trinajstić information content (AvgIpc) is 3.19. The summed E-state index contributed by atoms with van der Waals surface area (Å²) in [5, 5.41) is 0. The first-order chi connectivity index (χ1) is 15.9. The summed E-state index contributed by atoms with van der Waals surface area (Å²) in [7, 11) is 1.58. The quantitative estimate of drug-likeness (QED) is 0.589. The number of benzene rings is 1. The topological polar surface area (TPSA) is 54.9 Å². The van der Waals surface area contributed by atoms with Gasteiger partial charge in [-0.3, -0.25) is 0 Å². The van der Waals surface area contributed by atoms with Crippen molar-refractivity contribution < 1.29 is 27.4 Å². The number of aryl methyl sites for hydroxylation is 1. The SMILES string of the molecule is COc1ccc(CN2c3nc(C(F)(F)F)ccc3CCC23CCN(C(=O)OC(C)(C)C)C3)cc1. The van der Waals surface area contributed by atoms with E-state index >= 15 is 0 Å². The Morgan fingerprint density at radius 2 is 1.79 bits per heavy atom. The third-order valence-corrected chi connectivity index (χ3v) is 6.42. The van der Waals surface area contributed by atoms with Gasteiger partial charge in [-0.2, -0.15) is 13.2 Å². The molecule has 1 saturated heterocycles. The number of hydrogen-bond acceptors (Lipinski definition) is 5. The van der Waals surface area contributed by atoms with E-state index in [1.54, 1.807) is 12.0 Å². The van der Waals surface area contributed by atoms with Crippen molar-refractivity contribution in [2.24, 2.45) is 0 Å². The fourth-order valence-corrected chi connectivity index (χ4v) is 4.71. The number of carbonyl (C=O) groups excluding carboxylic acids is 1. The summed E-state index contributed by atoms with van der Waals surface area (Å²) >= 11 is 0. The highest BCUT2D eigenvalue weighted by Gasteiger charge is 2.49. The molecule has 1 aromatic carbocycles. The van der Waals surface area contributed by atoms with Crippen molar-refractivity contribution in [3.63, 3.8) is 0 Å². The number of halogens is 3. The fourth-order valence-electron chi connectivity index (χ4n) is 4.71. The van der Waals surface area contributed by atoms with E-state index in [4.69, 9.17) is 9.47 Å². The van der Waals surface area contributed by atoms with Crippen molar-refractivity contribution in [2.45, 2.75) is 63.9 Å². The van der Waals surface area contributed by atoms with Crippen LogP contribution in [0.4, 0.5) is 23.8 Å². The molecule has 1 fully saturated rings. The molecule has 184 valence electrons. The molecule has 2 aliphatic rings. The number of hydrogen-bond donors (Lipinski definition) is 0. The van der Waals surface area contributed by atoms with Crippen LogP contribution in [0.3, 0.4) is 0 Å². The lowest BCUT2D eigenvalue weighted by Crippen LogP contribution is -2.54. The van der Waals surface area contributed by atoms with E-state index in [2.05, 4.69) is 4.98 Å². The average molecular weight is 478 g/mol. The van der Waals surface area contributed by atoms with Gasteiger partial charge in [-0.05, 0) is 69.4 Å². The molecule has 1 unspecified atom stereocenters. The Kier molecular flexibility index (Phi) is 6.16. The van der Waals surface area contributed by atoms with Crippen molar-refractivity contribution in [1.82, 2.24) is 9.88 Å². The molecule has 1 spiro atoms. The summed E-state index contributed by atoms with van der Waals surface area (Å²) < 4.78 is 51.4. The second kappa shape index (κ2) is 8.67. The Morgan fingerprint density at radius 1 is 1.09 bits per heavy atom. The van der Waals surface area contributed by atoms with Gasteiger partial charge in [0.15, 0.2) is 0 Å². The largest absolute Gasteiger partial charge is 0.497 e. The number of ether oxygens (including phenoxy) is 2. The molecule has 0 N–H and O–H groups in total. The minimum Gasteiger partial charge on any atom is -0.497 e. The molecule has 1 aromatic heterocycles. The van der Waals surface area contributed by atoms with Crippen molar-refractivity contribution in [3.8, 4) is 5.75 Å². The molecule has 1 amide bonds. The highest BCUT2D eigenvalue weighted by Crippen LogP contribution is 2.44. The van der Waals surface area contributed by atoms with Gasteiger partial charge in [-0.1, -0.05) is 18.2 Å². The molecule has 1 atom stereocenters. The van der Waals surface area contributed by atoms with Crippen molar-refractivity contribution >= 4 is 11.9 Å². The normalized spacial score (nSPS) is 20.4. The second-order valence-corrected chi connectivity index (χ2v) is 9.99. The molecule has 6 nitrogen and oxygen atoms in total. The van der Waals surface area contributed by atoms with Crippen LogP contribution in [0.2, 0.25) is 0 Å². The summed E-state index contributed by atoms with van der Waals surface area (Å²) in [6, 6.07) is 10.0. The summed E-state index contributed by atoms with van der Waals surface area (Å²) in [5.41, 5.74) is -0.366. The van der Waals surface area contributed by atoms with Crippen LogP contribution in [0.1, 0.15) is 50.4 Å². The predicted molar refractivity (Wildman–Crippen MR) is 122 cm³/mol. The number of anilines is 1. The van der Waals surface area contributed by atoms with Gasteiger partial charge in [0, 0.05) is 19.6 Å². The standard InChI is InChI=1S/C25H30F3N3O3/c1-23(2,3)34-22(32)30-14-13-24(16-30)12-11-18-7-10-20(25(26,27)28)29-21(18)31(24)15-17-5-8-19(33-4)9-6-17/h5-10H,11-16H2,1-4H3. The minimum atomic E-state index is -4.54. The predicted octanol–water partition coefficient (Wildman–Crippen LogP) is 5.44. The summed E-state index contributed by atoms with van der Waals surface area (Å²) in [4.78, 5) is 20.5. The second-order valence-electron chi connectivity index (χ2n) is 9.99. The molecule has 2 aliphatic heterocycles. The first-order valence-corrected chi connectivity index (χ1v) is 11.4. The van der Waals surface area contributed by atoms with Crippen molar-refractivity contribution in [1.29, 1.82) is 0 Å². The number of aromatic nitrogens is 1. The molecule has 3 heterocycles. The van der Waals surface area contributed by atoms with Crippen LogP contribution >= 0.6 is 0 Å². The van der Waals surface area contributed by atoms with Crippen LogP contribution in [0.15, 0.2) is 36.4 Å². The van der Waals surface area contributed by atoms with Gasteiger partial charge in [-0.15, -0.1) is 0 Å². The highest BCUT2D eigenvalue weighted by molar-refractivity contribution is 5.69. The molecule has 0 saturated carbocycles. The van der Waals surface area contributed by atoms with Crippen LogP contribution in [0.25, 0.3) is 0 Å². The first kappa shape index (κ1) is 24.2. The number of methoxy groups -OCH3 is 1. The number of likely N-dealkylation sites (tertiary alicyclic amines) is 1. The maximum atomic E-state index is 13.5. The monoisotopic (exact) mass is 477 g/mol. The van der Waals surface area contributed by atoms with Gasteiger partial charge in [0.1, 0.15) is 22.9 Å². The lowest BCUT2D eigenvalue weighted by atomic mass is 9.84. The van der Waals surface area contributed by atoms with Crippen molar-refractivity contribution in [3.05, 3.63) is 53.2 Å². The Bertz CT molecular complexity index is 1050. The smallest absolute Gasteiger partial charge is 0.433 e. The fraction of sp³-hybridized carbons (Fsp3) is 0.520. The van der Waals surface area contributed by atoms with Gasteiger partial charge < -0.3 is 19.3 Å². The Hall–Kier alpha value is -2.97. The number of nitrogens with zero attached hydrogens (tertiary/aromatic N) is 3. The number of amides is 1. The third kappa shape index (κ3) is 4.93. The molecule has 4 rings (SSSR count). The summed E-state index contributed by atoms with van der Waals surface area (Å²) in [5.74, 6) is 1.04. The van der Waals surface area contributed by atoms with E-state index in [1.165, 1.54) is 6.07 Å². The number of rotatable bonds is 3. The zero-order chi connectivity index (χ0) is 24.7. The third-order valence-electron chi connectivity index (χ3n) is 6.42. The molecule has 34 heavy (non-hydrogen) atoms. The summed E-state index contributed by atoms with van der Waals surface area (Å²) in [6.07, 6.45) is -3.01. The van der Waals surface area contributed by atoms with E-state index in [0.29, 0.717) is 50.5 Å². The van der Waals surface area contributed by atoms with Gasteiger partial charge in [-0.25, -0.2) is 9.78 Å². The van der Waals surface area contributed by atoms with Crippen LogP contribution in [0, 0.1) is 0 Å². The maximum absolute atomic E-state index is 13.5. The summed E-state index contributed by atoms with van der Waals surface area (Å²) in [6.45, 7) is 6.65. The Balaban J connectivity index is 1.70. The zero-order valence-corrected chi connectivity index (χ0v) is 19.9. The van der Waals surface area contributed by atoms with Crippen molar-refractivity contribution in [2.75, 3.05) is 25.1 Å². The van der Waals surface area contributed by atoms with Gasteiger partial charge in [0.05, 0.1) is 12.6 Å². The van der Waals surface area contributed by atoms with E-state index in [9.17, 15) is 18.0 Å². The number of pyridine rings is 1. The Labute approximate surface area is 197 Å². The lowest BCUT2D eigenvalue weighted by molar-refractivity contribution is -0.141. The van der Waals surface area contributed by atoms with Gasteiger partial charge >= 0.3 is 12.3 Å². The molecular weight excluding hydrogens is 447 g/mol. The molecule has 0 bridgehead atoms. The number of fused-ring (bicyclic) bond motifs is 1. The van der Waals surface area contributed by atoms with Crippen LogP contribution in [-0.4, -0.2) is 47.3 Å².